The molecule has 1 aromatic rings. The van der Waals surface area contributed by atoms with Crippen molar-refractivity contribution in [2.75, 3.05) is 20.2 Å². The van der Waals surface area contributed by atoms with Crippen molar-refractivity contribution >= 4 is 15.9 Å². The second-order valence-corrected chi connectivity index (χ2v) is 7.82. The molecule has 7 heteroatoms. The van der Waals surface area contributed by atoms with Crippen molar-refractivity contribution in [2.24, 2.45) is 0 Å². The number of carbonyl (C=O) groups is 1. The summed E-state index contributed by atoms with van der Waals surface area (Å²) in [4.78, 5) is 14.6. The van der Waals surface area contributed by atoms with E-state index in [1.807, 2.05) is 0 Å². The average Bonchev–Trinajstić information content (AvgIpc) is 3.37. The molecule has 23 heavy (non-hydrogen) atoms. The number of carbonyl (C=O) groups excluding carboxylic acids is 1. The van der Waals surface area contributed by atoms with Gasteiger partial charge in [0, 0.05) is 19.1 Å². The van der Waals surface area contributed by atoms with Crippen molar-refractivity contribution in [1.29, 1.82) is 0 Å². The lowest BCUT2D eigenvalue weighted by Crippen LogP contribution is -2.36. The van der Waals surface area contributed by atoms with Crippen LogP contribution in [0.3, 0.4) is 0 Å². The Morgan fingerprint density at radius 1 is 1.22 bits per heavy atom. The summed E-state index contributed by atoms with van der Waals surface area (Å²) >= 11 is 0. The van der Waals surface area contributed by atoms with Gasteiger partial charge in [-0.2, -0.15) is 0 Å². The van der Waals surface area contributed by atoms with Gasteiger partial charge in [0.2, 0.25) is 10.0 Å². The van der Waals surface area contributed by atoms with Gasteiger partial charge in [-0.1, -0.05) is 0 Å². The van der Waals surface area contributed by atoms with Crippen LogP contribution in [0.1, 0.15) is 42.5 Å². The number of hydrogen-bond acceptors (Lipinski definition) is 4. The predicted octanol–water partition coefficient (Wildman–Crippen LogP) is 1.76. The first kappa shape index (κ1) is 16.3. The summed E-state index contributed by atoms with van der Waals surface area (Å²) in [6.07, 6.45) is 4.83. The summed E-state index contributed by atoms with van der Waals surface area (Å²) in [5.74, 6) is 0.246. The van der Waals surface area contributed by atoms with E-state index in [1.165, 1.54) is 19.2 Å². The van der Waals surface area contributed by atoms with Gasteiger partial charge in [-0.15, -0.1) is 0 Å². The van der Waals surface area contributed by atoms with Crippen molar-refractivity contribution in [3.63, 3.8) is 0 Å². The minimum absolute atomic E-state index is 0.0309. The Balaban J connectivity index is 1.90. The van der Waals surface area contributed by atoms with Gasteiger partial charge in [0.15, 0.2) is 0 Å². The Morgan fingerprint density at radius 3 is 2.52 bits per heavy atom. The number of sulfonamides is 1. The molecule has 1 saturated carbocycles. The van der Waals surface area contributed by atoms with E-state index in [1.54, 1.807) is 11.0 Å². The van der Waals surface area contributed by atoms with Gasteiger partial charge >= 0.3 is 0 Å². The Hall–Kier alpha value is -1.60. The molecule has 126 valence electrons. The molecule has 0 bridgehead atoms. The predicted molar refractivity (Wildman–Crippen MR) is 86.1 cm³/mol. The van der Waals surface area contributed by atoms with E-state index in [2.05, 4.69) is 4.72 Å². The third-order valence-corrected chi connectivity index (χ3v) is 5.77. The largest absolute Gasteiger partial charge is 0.496 e. The molecule has 6 nitrogen and oxygen atoms in total. The normalized spacial score (nSPS) is 18.7. The molecule has 1 aliphatic heterocycles. The molecular weight excluding hydrogens is 316 g/mol. The lowest BCUT2D eigenvalue weighted by Gasteiger charge is -2.27. The highest BCUT2D eigenvalue weighted by Crippen LogP contribution is 2.27. The molecule has 1 saturated heterocycles. The van der Waals surface area contributed by atoms with Crippen molar-refractivity contribution in [3.8, 4) is 5.75 Å². The first-order valence-electron chi connectivity index (χ1n) is 8.01. The first-order valence-corrected chi connectivity index (χ1v) is 9.49. The van der Waals surface area contributed by atoms with Crippen LogP contribution in [0.15, 0.2) is 23.1 Å². The summed E-state index contributed by atoms with van der Waals surface area (Å²) in [7, 11) is -2.10. The highest BCUT2D eigenvalue weighted by atomic mass is 32.2. The second-order valence-electron chi connectivity index (χ2n) is 6.11. The minimum atomic E-state index is -3.59. The van der Waals surface area contributed by atoms with Gasteiger partial charge in [-0.05, 0) is 50.3 Å². The van der Waals surface area contributed by atoms with E-state index in [9.17, 15) is 13.2 Å². The van der Waals surface area contributed by atoms with E-state index in [0.717, 1.165) is 32.1 Å². The summed E-state index contributed by atoms with van der Waals surface area (Å²) in [5, 5.41) is 0. The molecule has 0 radical (unpaired) electrons. The lowest BCUT2D eigenvalue weighted by atomic mass is 10.1. The summed E-state index contributed by atoms with van der Waals surface area (Å²) < 4.78 is 32.6. The molecule has 1 aliphatic carbocycles. The number of piperidine rings is 1. The molecule has 2 fully saturated rings. The molecule has 0 unspecified atom stereocenters. The fourth-order valence-corrected chi connectivity index (χ4v) is 4.11. The first-order chi connectivity index (χ1) is 11.0. The number of rotatable bonds is 5. The lowest BCUT2D eigenvalue weighted by molar-refractivity contribution is 0.0720. The van der Waals surface area contributed by atoms with Gasteiger partial charge in [-0.25, -0.2) is 13.1 Å². The average molecular weight is 338 g/mol. The topological polar surface area (TPSA) is 75.7 Å². The van der Waals surface area contributed by atoms with E-state index >= 15 is 0 Å². The third kappa shape index (κ3) is 3.67. The summed E-state index contributed by atoms with van der Waals surface area (Å²) in [5.41, 5.74) is 0.313. The van der Waals surface area contributed by atoms with Crippen LogP contribution >= 0.6 is 0 Å². The quantitative estimate of drug-likeness (QED) is 0.888. The molecule has 1 amide bonds. The summed E-state index contributed by atoms with van der Waals surface area (Å²) in [6, 6.07) is 4.50. The monoisotopic (exact) mass is 338 g/mol. The second kappa shape index (κ2) is 6.49. The number of benzene rings is 1. The fraction of sp³-hybridized carbons (Fsp3) is 0.562. The van der Waals surface area contributed by atoms with Crippen LogP contribution < -0.4 is 9.46 Å². The molecular formula is C16H22N2O4S. The van der Waals surface area contributed by atoms with Crippen molar-refractivity contribution in [1.82, 2.24) is 9.62 Å². The number of ether oxygens (including phenoxy) is 1. The maximum Gasteiger partial charge on any atom is 0.257 e. The number of nitrogens with zero attached hydrogens (tertiary/aromatic N) is 1. The van der Waals surface area contributed by atoms with E-state index in [4.69, 9.17) is 4.74 Å². The Bertz CT molecular complexity index is 692. The van der Waals surface area contributed by atoms with Crippen LogP contribution in [-0.4, -0.2) is 45.5 Å². The molecule has 0 spiro atoms. The molecule has 0 aromatic heterocycles. The van der Waals surface area contributed by atoms with Gasteiger partial charge in [0.25, 0.3) is 5.91 Å². The van der Waals surface area contributed by atoms with Crippen LogP contribution in [0.4, 0.5) is 0 Å². The molecule has 1 heterocycles. The Kier molecular flexibility index (Phi) is 4.59. The number of likely N-dealkylation sites (tertiary alicyclic amines) is 1. The standard InChI is InChI=1S/C16H22N2O4S/c1-22-15-8-7-13(23(20,21)17-12-5-6-12)11-14(15)16(19)18-9-3-2-4-10-18/h7-8,11-12,17H,2-6,9-10H2,1H3. The van der Waals surface area contributed by atoms with Gasteiger partial charge < -0.3 is 9.64 Å². The van der Waals surface area contributed by atoms with Crippen molar-refractivity contribution in [2.45, 2.75) is 43.0 Å². The number of amides is 1. The van der Waals surface area contributed by atoms with E-state index < -0.39 is 10.0 Å². The van der Waals surface area contributed by atoms with Gasteiger partial charge in [0.05, 0.1) is 17.6 Å². The number of hydrogen-bond donors (Lipinski definition) is 1. The highest BCUT2D eigenvalue weighted by molar-refractivity contribution is 7.89. The maximum absolute atomic E-state index is 12.7. The zero-order valence-corrected chi connectivity index (χ0v) is 14.1. The number of nitrogens with one attached hydrogen (secondary N) is 1. The van der Waals surface area contributed by atoms with Crippen LogP contribution in [0.2, 0.25) is 0 Å². The summed E-state index contributed by atoms with van der Waals surface area (Å²) in [6.45, 7) is 1.42. The van der Waals surface area contributed by atoms with Crippen LogP contribution in [0, 0.1) is 0 Å². The molecule has 0 atom stereocenters. The van der Waals surface area contributed by atoms with Crippen LogP contribution in [0.5, 0.6) is 5.75 Å². The molecule has 2 aliphatic rings. The molecule has 3 rings (SSSR count). The molecule has 1 N–H and O–H groups in total. The van der Waals surface area contributed by atoms with Gasteiger partial charge in [-0.3, -0.25) is 4.79 Å². The maximum atomic E-state index is 12.7. The minimum Gasteiger partial charge on any atom is -0.496 e. The Labute approximate surface area is 136 Å². The molecule has 1 aromatic carbocycles. The Morgan fingerprint density at radius 2 is 1.91 bits per heavy atom. The number of methoxy groups -OCH3 is 1. The fourth-order valence-electron chi connectivity index (χ4n) is 2.78. The van der Waals surface area contributed by atoms with E-state index in [-0.39, 0.29) is 16.8 Å². The van der Waals surface area contributed by atoms with E-state index in [0.29, 0.717) is 24.4 Å². The third-order valence-electron chi connectivity index (χ3n) is 4.25. The van der Waals surface area contributed by atoms with Crippen LogP contribution in [-0.2, 0) is 10.0 Å². The highest BCUT2D eigenvalue weighted by Gasteiger charge is 2.29. The van der Waals surface area contributed by atoms with Crippen LogP contribution in [0.25, 0.3) is 0 Å². The van der Waals surface area contributed by atoms with Crippen molar-refractivity contribution in [3.05, 3.63) is 23.8 Å². The SMILES string of the molecule is COc1ccc(S(=O)(=O)NC2CC2)cc1C(=O)N1CCCCC1. The zero-order valence-electron chi connectivity index (χ0n) is 13.2. The zero-order chi connectivity index (χ0) is 16.4. The van der Waals surface area contributed by atoms with Gasteiger partial charge in [0.1, 0.15) is 5.75 Å². The smallest absolute Gasteiger partial charge is 0.257 e. The van der Waals surface area contributed by atoms with Crippen molar-refractivity contribution < 1.29 is 17.9 Å².